The quantitative estimate of drug-likeness (QED) is 0.648. The molecule has 130 valence electrons. The number of ether oxygens (including phenoxy) is 1. The molecule has 0 fully saturated rings. The number of hydrogen-bond donors (Lipinski definition) is 1. The highest BCUT2D eigenvalue weighted by atomic mass is 32.2. The molecule has 0 aliphatic rings. The third-order valence-electron chi connectivity index (χ3n) is 3.46. The van der Waals surface area contributed by atoms with Gasteiger partial charge in [-0.1, -0.05) is 36.0 Å². The molecule has 1 heterocycles. The lowest BCUT2D eigenvalue weighted by Gasteiger charge is -2.12. The maximum Gasteiger partial charge on any atom is 0.276 e. The highest BCUT2D eigenvalue weighted by Gasteiger charge is 2.12. The summed E-state index contributed by atoms with van der Waals surface area (Å²) in [6, 6.07) is 15.6. The van der Waals surface area contributed by atoms with Crippen LogP contribution in [0.4, 0.5) is 0 Å². The maximum atomic E-state index is 10.1. The van der Waals surface area contributed by atoms with Gasteiger partial charge in [0.25, 0.3) is 5.22 Å². The van der Waals surface area contributed by atoms with Crippen molar-refractivity contribution in [1.82, 2.24) is 10.2 Å². The molecule has 3 rings (SSSR count). The molecule has 1 N–H and O–H groups in total. The zero-order valence-electron chi connectivity index (χ0n) is 14.2. The number of thioether (sulfide) groups is 1. The Morgan fingerprint density at radius 2 is 1.80 bits per heavy atom. The van der Waals surface area contributed by atoms with Gasteiger partial charge in [0.2, 0.25) is 5.89 Å². The topological polar surface area (TPSA) is 68.4 Å². The van der Waals surface area contributed by atoms with Crippen LogP contribution in [-0.4, -0.2) is 33.8 Å². The zero-order chi connectivity index (χ0) is 17.6. The molecule has 3 aromatic rings. The molecule has 0 unspecified atom stereocenters. The van der Waals surface area contributed by atoms with Crippen molar-refractivity contribution in [3.8, 4) is 17.2 Å². The molecule has 0 bridgehead atoms. The van der Waals surface area contributed by atoms with Crippen LogP contribution in [0.3, 0.4) is 0 Å². The van der Waals surface area contributed by atoms with Crippen molar-refractivity contribution in [1.29, 1.82) is 0 Å². The Bertz CT molecular complexity index is 800. The molecule has 0 aliphatic carbocycles. The van der Waals surface area contributed by atoms with E-state index in [4.69, 9.17) is 9.15 Å². The lowest BCUT2D eigenvalue weighted by atomic mass is 10.1. The molecule has 5 nitrogen and oxygen atoms in total. The molecule has 0 saturated carbocycles. The zero-order valence-corrected chi connectivity index (χ0v) is 15.0. The first-order valence-corrected chi connectivity index (χ1v) is 8.99. The molecule has 1 atom stereocenters. The van der Waals surface area contributed by atoms with Crippen LogP contribution in [0.2, 0.25) is 0 Å². The van der Waals surface area contributed by atoms with Crippen LogP contribution in [0.1, 0.15) is 11.1 Å². The van der Waals surface area contributed by atoms with Gasteiger partial charge in [-0.25, -0.2) is 0 Å². The Hall–Kier alpha value is -2.31. The second kappa shape index (κ2) is 8.18. The molecule has 0 saturated heterocycles. The number of rotatable bonds is 7. The van der Waals surface area contributed by atoms with Crippen molar-refractivity contribution in [2.75, 3.05) is 12.4 Å². The van der Waals surface area contributed by atoms with Crippen molar-refractivity contribution in [2.45, 2.75) is 25.2 Å². The Labute approximate surface area is 151 Å². The Morgan fingerprint density at radius 3 is 2.52 bits per heavy atom. The van der Waals surface area contributed by atoms with E-state index in [2.05, 4.69) is 16.3 Å². The molecule has 25 heavy (non-hydrogen) atoms. The molecule has 0 radical (unpaired) electrons. The largest absolute Gasteiger partial charge is 0.491 e. The summed E-state index contributed by atoms with van der Waals surface area (Å²) in [7, 11) is 0. The Balaban J connectivity index is 1.49. The first-order valence-electron chi connectivity index (χ1n) is 8.01. The van der Waals surface area contributed by atoms with E-state index in [0.29, 0.717) is 16.9 Å². The monoisotopic (exact) mass is 356 g/mol. The van der Waals surface area contributed by atoms with Crippen LogP contribution in [-0.2, 0) is 0 Å². The van der Waals surface area contributed by atoms with Crippen LogP contribution in [0.25, 0.3) is 11.5 Å². The summed E-state index contributed by atoms with van der Waals surface area (Å²) < 4.78 is 11.3. The normalized spacial score (nSPS) is 12.1. The van der Waals surface area contributed by atoms with Gasteiger partial charge in [-0.15, -0.1) is 10.2 Å². The Morgan fingerprint density at radius 1 is 1.08 bits per heavy atom. The second-order valence-electron chi connectivity index (χ2n) is 5.84. The average Bonchev–Trinajstić information content (AvgIpc) is 3.07. The van der Waals surface area contributed by atoms with Gasteiger partial charge in [0.15, 0.2) is 0 Å². The number of aliphatic hydroxyl groups is 1. The van der Waals surface area contributed by atoms with Crippen LogP contribution >= 0.6 is 11.8 Å². The van der Waals surface area contributed by atoms with Gasteiger partial charge in [0, 0.05) is 11.3 Å². The first kappa shape index (κ1) is 17.5. The van der Waals surface area contributed by atoms with Crippen molar-refractivity contribution in [3.63, 3.8) is 0 Å². The van der Waals surface area contributed by atoms with Crippen molar-refractivity contribution < 1.29 is 14.3 Å². The Kier molecular flexibility index (Phi) is 5.73. The summed E-state index contributed by atoms with van der Waals surface area (Å²) in [4.78, 5) is 0. The number of aliphatic hydroxyl groups excluding tert-OH is 1. The molecule has 2 aromatic carbocycles. The van der Waals surface area contributed by atoms with Gasteiger partial charge in [0.1, 0.15) is 12.4 Å². The van der Waals surface area contributed by atoms with Crippen LogP contribution < -0.4 is 4.74 Å². The number of aryl methyl sites for hydroxylation is 2. The summed E-state index contributed by atoms with van der Waals surface area (Å²) in [6.07, 6.45) is -0.627. The molecular formula is C19H20N2O3S. The SMILES string of the molecule is Cc1cc(C)cc(OC[C@H](O)CSc2nnc(-c3ccccc3)o2)c1. The van der Waals surface area contributed by atoms with Crippen LogP contribution in [0, 0.1) is 13.8 Å². The maximum absolute atomic E-state index is 10.1. The minimum atomic E-state index is -0.627. The van der Waals surface area contributed by atoms with Crippen LogP contribution in [0.5, 0.6) is 5.75 Å². The molecule has 0 spiro atoms. The summed E-state index contributed by atoms with van der Waals surface area (Å²) >= 11 is 1.32. The molecule has 0 aliphatic heterocycles. The third-order valence-corrected chi connectivity index (χ3v) is 4.43. The van der Waals surface area contributed by atoms with E-state index in [1.54, 1.807) is 0 Å². The predicted molar refractivity (Wildman–Crippen MR) is 97.9 cm³/mol. The number of hydrogen-bond acceptors (Lipinski definition) is 6. The molecule has 0 amide bonds. The summed E-state index contributed by atoms with van der Waals surface area (Å²) in [5.41, 5.74) is 3.15. The number of benzene rings is 2. The number of nitrogens with zero attached hydrogens (tertiary/aromatic N) is 2. The summed E-state index contributed by atoms with van der Waals surface area (Å²) in [5, 5.41) is 18.6. The molecule has 6 heteroatoms. The van der Waals surface area contributed by atoms with Gasteiger partial charge >= 0.3 is 0 Å². The van der Waals surface area contributed by atoms with E-state index in [1.807, 2.05) is 56.3 Å². The van der Waals surface area contributed by atoms with E-state index in [0.717, 1.165) is 22.4 Å². The minimum Gasteiger partial charge on any atom is -0.491 e. The number of aromatic nitrogens is 2. The van der Waals surface area contributed by atoms with Crippen molar-refractivity contribution in [2.24, 2.45) is 0 Å². The highest BCUT2D eigenvalue weighted by Crippen LogP contribution is 2.23. The smallest absolute Gasteiger partial charge is 0.276 e. The van der Waals surface area contributed by atoms with Crippen molar-refractivity contribution >= 4 is 11.8 Å². The fourth-order valence-electron chi connectivity index (χ4n) is 2.39. The van der Waals surface area contributed by atoms with E-state index < -0.39 is 6.10 Å². The minimum absolute atomic E-state index is 0.218. The average molecular weight is 356 g/mol. The second-order valence-corrected chi connectivity index (χ2v) is 6.81. The fourth-order valence-corrected chi connectivity index (χ4v) is 3.06. The third kappa shape index (κ3) is 5.08. The lowest BCUT2D eigenvalue weighted by molar-refractivity contribution is 0.126. The standard InChI is InChI=1S/C19H20N2O3S/c1-13-8-14(2)10-17(9-13)23-11-16(22)12-25-19-21-20-18(24-19)15-6-4-3-5-7-15/h3-10,16,22H,11-12H2,1-2H3/t16-/m0/s1. The van der Waals surface area contributed by atoms with Gasteiger partial charge < -0.3 is 14.3 Å². The van der Waals surface area contributed by atoms with E-state index in [-0.39, 0.29) is 6.61 Å². The van der Waals surface area contributed by atoms with Crippen LogP contribution in [0.15, 0.2) is 58.2 Å². The van der Waals surface area contributed by atoms with Gasteiger partial charge in [-0.2, -0.15) is 0 Å². The summed E-state index contributed by atoms with van der Waals surface area (Å²) in [6.45, 7) is 4.26. The molecule has 1 aromatic heterocycles. The lowest BCUT2D eigenvalue weighted by Crippen LogP contribution is -2.20. The predicted octanol–water partition coefficient (Wildman–Crippen LogP) is 3.89. The van der Waals surface area contributed by atoms with E-state index in [1.165, 1.54) is 11.8 Å². The molecular weight excluding hydrogens is 336 g/mol. The van der Waals surface area contributed by atoms with Crippen molar-refractivity contribution in [3.05, 3.63) is 59.7 Å². The summed E-state index contributed by atoms with van der Waals surface area (Å²) in [5.74, 6) is 1.66. The van der Waals surface area contributed by atoms with E-state index in [9.17, 15) is 5.11 Å². The van der Waals surface area contributed by atoms with Gasteiger partial charge in [-0.3, -0.25) is 0 Å². The highest BCUT2D eigenvalue weighted by molar-refractivity contribution is 7.99. The van der Waals surface area contributed by atoms with E-state index >= 15 is 0 Å². The van der Waals surface area contributed by atoms with Gasteiger partial charge in [-0.05, 0) is 49.2 Å². The first-order chi connectivity index (χ1) is 12.1. The van der Waals surface area contributed by atoms with Gasteiger partial charge in [0.05, 0.1) is 6.10 Å². The fraction of sp³-hybridized carbons (Fsp3) is 0.263.